The Morgan fingerprint density at radius 1 is 0.862 bits per heavy atom. The average Bonchev–Trinajstić information content (AvgIpc) is 2.69. The van der Waals surface area contributed by atoms with E-state index in [0.29, 0.717) is 27.4 Å². The molecule has 5 nitrogen and oxygen atoms in total. The van der Waals surface area contributed by atoms with Gasteiger partial charge in [-0.1, -0.05) is 48.0 Å². The first-order chi connectivity index (χ1) is 13.9. The highest BCUT2D eigenvalue weighted by Crippen LogP contribution is 2.31. The number of nitrogens with zero attached hydrogens (tertiary/aromatic N) is 2. The topological polar surface area (TPSA) is 69.0 Å². The number of hydrogen-bond acceptors (Lipinski definition) is 5. The molecule has 4 aromatic rings. The molecule has 3 aromatic carbocycles. The van der Waals surface area contributed by atoms with Crippen molar-refractivity contribution in [2.24, 2.45) is 0 Å². The second-order valence-corrected chi connectivity index (χ2v) is 10.4. The van der Waals surface area contributed by atoms with E-state index in [1.165, 1.54) is 4.57 Å². The Labute approximate surface area is 172 Å². The maximum atomic E-state index is 13.3. The second kappa shape index (κ2) is 7.50. The highest BCUT2D eigenvalue weighted by molar-refractivity contribution is 8.72. The van der Waals surface area contributed by atoms with Gasteiger partial charge >= 0.3 is 0 Å². The van der Waals surface area contributed by atoms with E-state index in [1.54, 1.807) is 54.6 Å². The third kappa shape index (κ3) is 3.71. The second-order valence-electron chi connectivity index (χ2n) is 6.69. The summed E-state index contributed by atoms with van der Waals surface area (Å²) in [6.45, 7) is 3.77. The van der Waals surface area contributed by atoms with Crippen molar-refractivity contribution in [1.29, 1.82) is 0 Å². The lowest BCUT2D eigenvalue weighted by molar-refractivity contribution is 0.610. The number of fused-ring (bicyclic) bond motifs is 1. The molecule has 7 heteroatoms. The quantitative estimate of drug-likeness (QED) is 0.358. The van der Waals surface area contributed by atoms with Gasteiger partial charge in [-0.05, 0) is 49.7 Å². The molecule has 0 amide bonds. The minimum Gasteiger partial charge on any atom is -0.268 e. The van der Waals surface area contributed by atoms with Crippen LogP contribution in [0, 0.1) is 13.8 Å². The zero-order chi connectivity index (χ0) is 20.6. The molecule has 0 unspecified atom stereocenters. The van der Waals surface area contributed by atoms with Crippen molar-refractivity contribution in [1.82, 2.24) is 9.55 Å². The van der Waals surface area contributed by atoms with Crippen LogP contribution in [-0.4, -0.2) is 18.0 Å². The molecular formula is C22H18N2O3S2. The van der Waals surface area contributed by atoms with E-state index in [2.05, 4.69) is 4.98 Å². The molecule has 0 aliphatic carbocycles. The summed E-state index contributed by atoms with van der Waals surface area (Å²) in [4.78, 5) is 18.0. The zero-order valence-electron chi connectivity index (χ0n) is 15.9. The lowest BCUT2D eigenvalue weighted by Gasteiger charge is -2.15. The summed E-state index contributed by atoms with van der Waals surface area (Å²) in [6.07, 6.45) is 0. The normalized spacial score (nSPS) is 11.7. The lowest BCUT2D eigenvalue weighted by atomic mass is 10.2. The van der Waals surface area contributed by atoms with Gasteiger partial charge in [0.25, 0.3) is 5.56 Å². The van der Waals surface area contributed by atoms with Crippen LogP contribution in [0.5, 0.6) is 0 Å². The molecule has 0 saturated carbocycles. The number of hydrogen-bond donors (Lipinski definition) is 0. The van der Waals surface area contributed by atoms with Gasteiger partial charge < -0.3 is 0 Å². The molecule has 1 heterocycles. The van der Waals surface area contributed by atoms with Crippen molar-refractivity contribution in [2.75, 3.05) is 0 Å². The van der Waals surface area contributed by atoms with Gasteiger partial charge in [0.05, 0.1) is 21.5 Å². The highest BCUT2D eigenvalue weighted by Gasteiger charge is 2.23. The molecule has 0 aliphatic rings. The minimum absolute atomic E-state index is 0.114. The van der Waals surface area contributed by atoms with Crippen molar-refractivity contribution in [2.45, 2.75) is 23.9 Å². The number of rotatable bonds is 4. The van der Waals surface area contributed by atoms with Gasteiger partial charge in [-0.3, -0.25) is 9.36 Å². The van der Waals surface area contributed by atoms with Gasteiger partial charge in [-0.15, -0.1) is 0 Å². The lowest BCUT2D eigenvalue weighted by Crippen LogP contribution is -2.23. The molecule has 0 aliphatic heterocycles. The van der Waals surface area contributed by atoms with Crippen molar-refractivity contribution in [3.63, 3.8) is 0 Å². The maximum Gasteiger partial charge on any atom is 0.266 e. The average molecular weight is 423 g/mol. The predicted octanol–water partition coefficient (Wildman–Crippen LogP) is 4.48. The third-order valence-electron chi connectivity index (χ3n) is 4.60. The minimum atomic E-state index is -3.76. The van der Waals surface area contributed by atoms with Crippen LogP contribution in [0.15, 0.2) is 87.6 Å². The Morgan fingerprint density at radius 3 is 2.24 bits per heavy atom. The predicted molar refractivity (Wildman–Crippen MR) is 116 cm³/mol. The fourth-order valence-electron chi connectivity index (χ4n) is 3.05. The molecule has 0 bridgehead atoms. The fourth-order valence-corrected chi connectivity index (χ4v) is 5.75. The SMILES string of the molecule is Cc1ccc(S(=O)(=O)Sc2nc3ccccc3c(=O)n2-c2ccccc2C)cc1. The molecule has 1 aromatic heterocycles. The van der Waals surface area contributed by atoms with E-state index < -0.39 is 8.87 Å². The van der Waals surface area contributed by atoms with Gasteiger partial charge in [0.15, 0.2) is 5.16 Å². The van der Waals surface area contributed by atoms with Crippen molar-refractivity contribution < 1.29 is 8.42 Å². The molecule has 0 atom stereocenters. The zero-order valence-corrected chi connectivity index (χ0v) is 17.5. The molecule has 0 fully saturated rings. The maximum absolute atomic E-state index is 13.3. The fraction of sp³-hybridized carbons (Fsp3) is 0.0909. The van der Waals surface area contributed by atoms with Crippen molar-refractivity contribution >= 4 is 30.6 Å². The molecule has 0 radical (unpaired) electrons. The van der Waals surface area contributed by atoms with Gasteiger partial charge in [-0.2, -0.15) is 0 Å². The van der Waals surface area contributed by atoms with E-state index in [0.717, 1.165) is 11.1 Å². The van der Waals surface area contributed by atoms with E-state index in [4.69, 9.17) is 0 Å². The largest absolute Gasteiger partial charge is 0.268 e. The number of benzene rings is 3. The van der Waals surface area contributed by atoms with Gasteiger partial charge in [0.1, 0.15) is 0 Å². The van der Waals surface area contributed by atoms with Crippen LogP contribution in [0.1, 0.15) is 11.1 Å². The number of para-hydroxylation sites is 2. The van der Waals surface area contributed by atoms with Crippen LogP contribution >= 0.6 is 10.8 Å². The third-order valence-corrected chi connectivity index (χ3v) is 7.77. The van der Waals surface area contributed by atoms with Gasteiger partial charge in [0.2, 0.25) is 8.87 Å². The molecule has 146 valence electrons. The number of aromatic nitrogens is 2. The van der Waals surface area contributed by atoms with E-state index in [-0.39, 0.29) is 15.6 Å². The van der Waals surface area contributed by atoms with Crippen LogP contribution in [0.25, 0.3) is 16.6 Å². The monoisotopic (exact) mass is 422 g/mol. The number of aryl methyl sites for hydroxylation is 2. The first kappa shape index (κ1) is 19.4. The Balaban J connectivity index is 1.96. The first-order valence-electron chi connectivity index (χ1n) is 8.96. The van der Waals surface area contributed by atoms with Crippen molar-refractivity contribution in [3.05, 3.63) is 94.3 Å². The van der Waals surface area contributed by atoms with Gasteiger partial charge in [-0.25, -0.2) is 13.4 Å². The van der Waals surface area contributed by atoms with E-state index in [1.807, 2.05) is 32.0 Å². The van der Waals surface area contributed by atoms with Crippen molar-refractivity contribution in [3.8, 4) is 5.69 Å². The molecule has 0 spiro atoms. The molecule has 29 heavy (non-hydrogen) atoms. The van der Waals surface area contributed by atoms with Crippen LogP contribution in [0.3, 0.4) is 0 Å². The summed E-state index contributed by atoms with van der Waals surface area (Å²) in [6, 6.07) is 20.9. The summed E-state index contributed by atoms with van der Waals surface area (Å²) in [5.74, 6) is 0. The molecule has 0 saturated heterocycles. The van der Waals surface area contributed by atoms with E-state index in [9.17, 15) is 13.2 Å². The summed E-state index contributed by atoms with van der Waals surface area (Å²) in [5, 5.41) is 0.552. The molecule has 4 rings (SSSR count). The molecular weight excluding hydrogens is 404 g/mol. The van der Waals surface area contributed by atoms with Crippen LogP contribution in [0.2, 0.25) is 0 Å². The standard InChI is InChI=1S/C22H18N2O3S2/c1-15-11-13-17(14-12-15)29(26,27)28-22-23-19-9-5-4-8-18(19)21(25)24(22)20-10-6-3-7-16(20)2/h3-14H,1-2H3. The Morgan fingerprint density at radius 2 is 1.52 bits per heavy atom. The summed E-state index contributed by atoms with van der Waals surface area (Å²) < 4.78 is 27.5. The van der Waals surface area contributed by atoms with Gasteiger partial charge in [0, 0.05) is 10.8 Å². The summed E-state index contributed by atoms with van der Waals surface area (Å²) in [7, 11) is -3.18. The van der Waals surface area contributed by atoms with Crippen LogP contribution in [-0.2, 0) is 8.87 Å². The smallest absolute Gasteiger partial charge is 0.266 e. The Kier molecular flexibility index (Phi) is 5.02. The van der Waals surface area contributed by atoms with E-state index >= 15 is 0 Å². The highest BCUT2D eigenvalue weighted by atomic mass is 33.1. The van der Waals surface area contributed by atoms with Crippen LogP contribution < -0.4 is 5.56 Å². The van der Waals surface area contributed by atoms with Crippen LogP contribution in [0.4, 0.5) is 0 Å². The molecule has 0 N–H and O–H groups in total. The Bertz CT molecular complexity index is 1380. The Hall–Kier alpha value is -2.90. The summed E-state index contributed by atoms with van der Waals surface area (Å²) in [5.41, 5.74) is 2.59. The first-order valence-corrected chi connectivity index (χ1v) is 11.8. The summed E-state index contributed by atoms with van der Waals surface area (Å²) >= 11 is 0.